The number of likely N-dealkylation sites (tertiary alicyclic amines) is 1. The van der Waals surface area contributed by atoms with Crippen molar-refractivity contribution in [3.05, 3.63) is 12.7 Å². The standard InChI is InChI=1S/C20H38N2O5Si/c1-8-9-10-11-13-21(5)18(25)22-14-12-20(26,15-16(22)17(23)24)27-28(6,7)19(2,3)4/h8,16,26H,1,9-15H2,2-7H3,(H,23,24). The Morgan fingerprint density at radius 1 is 1.36 bits per heavy atom. The molecule has 0 bridgehead atoms. The van der Waals surface area contributed by atoms with Crippen molar-refractivity contribution in [3.8, 4) is 0 Å². The minimum atomic E-state index is -2.29. The van der Waals surface area contributed by atoms with Crippen LogP contribution in [0.3, 0.4) is 0 Å². The fraction of sp³-hybridized carbons (Fsp3) is 0.800. The number of hydrogen-bond acceptors (Lipinski definition) is 4. The van der Waals surface area contributed by atoms with E-state index in [-0.39, 0.29) is 30.5 Å². The third-order valence-corrected chi connectivity index (χ3v) is 10.4. The molecule has 2 amide bonds. The van der Waals surface area contributed by atoms with Gasteiger partial charge >= 0.3 is 12.0 Å². The monoisotopic (exact) mass is 414 g/mol. The zero-order chi connectivity index (χ0) is 21.8. The number of carboxylic acid groups (broad SMARTS) is 1. The molecule has 1 heterocycles. The van der Waals surface area contributed by atoms with Crippen LogP contribution in [0.1, 0.15) is 52.9 Å². The number of allylic oxidation sites excluding steroid dienone is 1. The Balaban J connectivity index is 2.85. The van der Waals surface area contributed by atoms with E-state index in [1.807, 2.05) is 19.2 Å². The average Bonchev–Trinajstić information content (AvgIpc) is 2.56. The number of hydrogen-bond donors (Lipinski definition) is 2. The van der Waals surface area contributed by atoms with E-state index in [1.54, 1.807) is 11.9 Å². The number of aliphatic hydroxyl groups is 1. The number of amides is 2. The molecule has 0 saturated carbocycles. The van der Waals surface area contributed by atoms with Crippen LogP contribution in [0.5, 0.6) is 0 Å². The molecular weight excluding hydrogens is 376 g/mol. The lowest BCUT2D eigenvalue weighted by molar-refractivity contribution is -0.192. The summed E-state index contributed by atoms with van der Waals surface area (Å²) in [5, 5.41) is 20.6. The van der Waals surface area contributed by atoms with Crippen molar-refractivity contribution in [1.29, 1.82) is 0 Å². The maximum atomic E-state index is 12.8. The van der Waals surface area contributed by atoms with E-state index in [2.05, 4.69) is 27.4 Å². The molecule has 0 radical (unpaired) electrons. The van der Waals surface area contributed by atoms with Gasteiger partial charge in [0.25, 0.3) is 0 Å². The number of carboxylic acids is 1. The van der Waals surface area contributed by atoms with E-state index in [1.165, 1.54) is 4.90 Å². The molecule has 8 heteroatoms. The van der Waals surface area contributed by atoms with Crippen LogP contribution >= 0.6 is 0 Å². The second-order valence-corrected chi connectivity index (χ2v) is 14.0. The van der Waals surface area contributed by atoms with Gasteiger partial charge in [-0.05, 0) is 37.4 Å². The fourth-order valence-electron chi connectivity index (χ4n) is 3.09. The number of urea groups is 1. The largest absolute Gasteiger partial charge is 0.480 e. The lowest BCUT2D eigenvalue weighted by Gasteiger charge is -2.48. The minimum Gasteiger partial charge on any atom is -0.480 e. The topological polar surface area (TPSA) is 90.3 Å². The maximum Gasteiger partial charge on any atom is 0.326 e. The lowest BCUT2D eigenvalue weighted by atomic mass is 9.96. The van der Waals surface area contributed by atoms with E-state index >= 15 is 0 Å². The fourth-order valence-corrected chi connectivity index (χ4v) is 4.53. The van der Waals surface area contributed by atoms with Crippen molar-refractivity contribution in [1.82, 2.24) is 9.80 Å². The molecule has 1 rings (SSSR count). The number of nitrogens with zero attached hydrogens (tertiary/aromatic N) is 2. The summed E-state index contributed by atoms with van der Waals surface area (Å²) in [6.07, 6.45) is 4.59. The highest BCUT2D eigenvalue weighted by Crippen LogP contribution is 2.41. The maximum absolute atomic E-state index is 12.8. The van der Waals surface area contributed by atoms with Crippen molar-refractivity contribution in [3.63, 3.8) is 0 Å². The van der Waals surface area contributed by atoms with Crippen molar-refractivity contribution in [2.75, 3.05) is 20.1 Å². The highest BCUT2D eigenvalue weighted by atomic mass is 28.4. The number of aliphatic carboxylic acids is 1. The van der Waals surface area contributed by atoms with Gasteiger partial charge in [-0.3, -0.25) is 0 Å². The van der Waals surface area contributed by atoms with E-state index in [4.69, 9.17) is 4.43 Å². The molecule has 1 saturated heterocycles. The first-order valence-electron chi connectivity index (χ1n) is 10.0. The molecule has 7 nitrogen and oxygen atoms in total. The summed E-state index contributed by atoms with van der Waals surface area (Å²) < 4.78 is 6.16. The van der Waals surface area contributed by atoms with Crippen LogP contribution in [0.4, 0.5) is 4.79 Å². The van der Waals surface area contributed by atoms with Gasteiger partial charge < -0.3 is 24.4 Å². The minimum absolute atomic E-state index is 0.111. The van der Waals surface area contributed by atoms with Crippen LogP contribution in [0.15, 0.2) is 12.7 Å². The van der Waals surface area contributed by atoms with Gasteiger partial charge in [0.2, 0.25) is 0 Å². The van der Waals surface area contributed by atoms with Gasteiger partial charge in [0.05, 0.1) is 0 Å². The third-order valence-electron chi connectivity index (χ3n) is 5.89. The van der Waals surface area contributed by atoms with Gasteiger partial charge in [0.15, 0.2) is 14.1 Å². The average molecular weight is 415 g/mol. The van der Waals surface area contributed by atoms with Gasteiger partial charge in [-0.25, -0.2) is 9.59 Å². The van der Waals surface area contributed by atoms with Crippen molar-refractivity contribution in [2.24, 2.45) is 0 Å². The molecule has 1 fully saturated rings. The number of piperidine rings is 1. The van der Waals surface area contributed by atoms with E-state index in [9.17, 15) is 19.8 Å². The lowest BCUT2D eigenvalue weighted by Crippen LogP contribution is -2.61. The normalized spacial score (nSPS) is 23.4. The number of unbranched alkanes of at least 4 members (excludes halogenated alkanes) is 2. The third kappa shape index (κ3) is 6.32. The number of carbonyl (C=O) groups is 2. The Morgan fingerprint density at radius 3 is 2.46 bits per heavy atom. The molecule has 0 aromatic carbocycles. The first kappa shape index (κ1) is 24.7. The molecule has 1 aliphatic rings. The predicted octanol–water partition coefficient (Wildman–Crippen LogP) is 3.65. The second-order valence-electron chi connectivity index (χ2n) is 9.30. The number of rotatable bonds is 8. The molecule has 28 heavy (non-hydrogen) atoms. The summed E-state index contributed by atoms with van der Waals surface area (Å²) in [7, 11) is -0.608. The molecule has 162 valence electrons. The summed E-state index contributed by atoms with van der Waals surface area (Å²) >= 11 is 0. The molecule has 0 aromatic heterocycles. The Hall–Kier alpha value is -1.38. The van der Waals surface area contributed by atoms with Gasteiger partial charge in [-0.15, -0.1) is 6.58 Å². The highest BCUT2D eigenvalue weighted by Gasteiger charge is 2.50. The Kier molecular flexibility index (Phi) is 8.29. The van der Waals surface area contributed by atoms with Gasteiger partial charge in [-0.1, -0.05) is 26.8 Å². The van der Waals surface area contributed by atoms with Gasteiger partial charge in [0, 0.05) is 33.0 Å². The molecule has 0 aliphatic carbocycles. The Labute approximate surface area is 170 Å². The molecular formula is C20H38N2O5Si. The highest BCUT2D eigenvalue weighted by molar-refractivity contribution is 6.74. The summed E-state index contributed by atoms with van der Waals surface area (Å²) in [5.74, 6) is -2.64. The summed E-state index contributed by atoms with van der Waals surface area (Å²) in [6, 6.07) is -1.42. The SMILES string of the molecule is C=CCCCCN(C)C(=O)N1CCC(O)(O[Si](C)(C)C(C)(C)C)CC1C(=O)O. The zero-order valence-corrected chi connectivity index (χ0v) is 19.3. The van der Waals surface area contributed by atoms with E-state index in [0.29, 0.717) is 6.54 Å². The summed E-state index contributed by atoms with van der Waals surface area (Å²) in [6.45, 7) is 14.6. The van der Waals surface area contributed by atoms with E-state index in [0.717, 1.165) is 19.3 Å². The molecule has 2 N–H and O–H groups in total. The first-order chi connectivity index (χ1) is 12.7. The summed E-state index contributed by atoms with van der Waals surface area (Å²) in [5.41, 5.74) is 0. The number of carbonyl (C=O) groups excluding carboxylic acids is 1. The Morgan fingerprint density at radius 2 is 1.96 bits per heavy atom. The van der Waals surface area contributed by atoms with Crippen molar-refractivity contribution >= 4 is 20.3 Å². The molecule has 0 spiro atoms. The van der Waals surface area contributed by atoms with Gasteiger partial charge in [0.1, 0.15) is 6.04 Å². The van der Waals surface area contributed by atoms with Crippen LogP contribution in [0.25, 0.3) is 0 Å². The van der Waals surface area contributed by atoms with Crippen LogP contribution < -0.4 is 0 Å². The quantitative estimate of drug-likeness (QED) is 0.274. The Bertz CT molecular complexity index is 575. The molecule has 2 atom stereocenters. The predicted molar refractivity (Wildman–Crippen MR) is 113 cm³/mol. The van der Waals surface area contributed by atoms with Crippen LogP contribution in [0, 0.1) is 0 Å². The first-order valence-corrected chi connectivity index (χ1v) is 12.9. The van der Waals surface area contributed by atoms with Crippen LogP contribution in [0.2, 0.25) is 18.1 Å². The van der Waals surface area contributed by atoms with Gasteiger partial charge in [-0.2, -0.15) is 0 Å². The van der Waals surface area contributed by atoms with E-state index < -0.39 is 26.1 Å². The smallest absolute Gasteiger partial charge is 0.326 e. The zero-order valence-electron chi connectivity index (χ0n) is 18.3. The van der Waals surface area contributed by atoms with Crippen LogP contribution in [-0.2, 0) is 9.22 Å². The summed E-state index contributed by atoms with van der Waals surface area (Å²) in [4.78, 5) is 27.5. The molecule has 2 unspecified atom stereocenters. The molecule has 1 aliphatic heterocycles. The van der Waals surface area contributed by atoms with Crippen LogP contribution in [-0.4, -0.2) is 72.3 Å². The second kappa shape index (κ2) is 9.41. The van der Waals surface area contributed by atoms with Crippen molar-refractivity contribution < 1.29 is 24.2 Å². The molecule has 0 aromatic rings. The van der Waals surface area contributed by atoms with Crippen molar-refractivity contribution in [2.45, 2.75) is 82.8 Å².